The highest BCUT2D eigenvalue weighted by Crippen LogP contribution is 2.37. The summed E-state index contributed by atoms with van der Waals surface area (Å²) in [5.74, 6) is 3.32. The van der Waals surface area contributed by atoms with Crippen molar-refractivity contribution in [3.05, 3.63) is 290 Å². The van der Waals surface area contributed by atoms with Crippen molar-refractivity contribution in [1.82, 2.24) is 106 Å². The Labute approximate surface area is 805 Å². The van der Waals surface area contributed by atoms with Gasteiger partial charge in [0, 0.05) is 123 Å². The van der Waals surface area contributed by atoms with Gasteiger partial charge in [-0.05, 0) is 242 Å². The maximum Gasteiger partial charge on any atom is 0.273 e. The summed E-state index contributed by atoms with van der Waals surface area (Å²) < 4.78 is 50.2. The molecule has 6 aliphatic heterocycles. The summed E-state index contributed by atoms with van der Waals surface area (Å²) in [5, 5.41) is 4.26. The average Bonchev–Trinajstić information content (AvgIpc) is 1.59. The molecule has 2 bridgehead atoms. The Balaban J connectivity index is 0.0000000982. The molecule has 0 spiro atoms. The van der Waals surface area contributed by atoms with Gasteiger partial charge < -0.3 is 56.1 Å². The predicted molar refractivity (Wildman–Crippen MR) is 526 cm³/mol. The Bertz CT molecular complexity index is 8240. The van der Waals surface area contributed by atoms with Crippen molar-refractivity contribution in [2.24, 2.45) is 0 Å². The number of ether oxygens (including phenoxy) is 2. The number of hydrogen-bond donors (Lipinski definition) is 0. The third-order valence-corrected chi connectivity index (χ3v) is 27.5. The summed E-state index contributed by atoms with van der Waals surface area (Å²) >= 11 is 0. The third kappa shape index (κ3) is 17.0. The number of hydrogen-bond acceptors (Lipinski definition) is 23. The molecule has 5 aromatic carbocycles. The Kier molecular flexibility index (Phi) is 22.8. The fourth-order valence-electron chi connectivity index (χ4n) is 20.1. The molecule has 5 amide bonds. The zero-order valence-corrected chi connectivity index (χ0v) is 78.7. The second kappa shape index (κ2) is 36.4. The van der Waals surface area contributed by atoms with Gasteiger partial charge >= 0.3 is 0 Å². The molecule has 0 saturated carbocycles. The minimum Gasteiger partial charge on any atom is -0.441 e. The number of fused-ring (bicyclic) bond motifs is 12. The molecule has 21 aromatic rings. The number of aryl methyl sites for hydroxylation is 5. The van der Waals surface area contributed by atoms with Crippen molar-refractivity contribution in [2.75, 3.05) is 59.2 Å². The summed E-state index contributed by atoms with van der Waals surface area (Å²) in [6, 6.07) is 52.5. The van der Waals surface area contributed by atoms with Crippen LogP contribution < -0.4 is 0 Å². The van der Waals surface area contributed by atoms with Crippen LogP contribution in [-0.2, 0) is 9.47 Å². The molecule has 2 unspecified atom stereocenters. The number of benzene rings is 5. The van der Waals surface area contributed by atoms with Gasteiger partial charge in [0.15, 0.2) is 57.4 Å². The van der Waals surface area contributed by atoms with E-state index in [1.54, 1.807) is 37.2 Å². The summed E-state index contributed by atoms with van der Waals surface area (Å²) in [5.41, 5.74) is 24.8. The number of pyridine rings is 5. The molecule has 0 radical (unpaired) electrons. The number of rotatable bonds is 11. The lowest BCUT2D eigenvalue weighted by Crippen LogP contribution is -2.51. The number of morpholine rings is 2. The Morgan fingerprint density at radius 3 is 0.922 bits per heavy atom. The molecule has 6 saturated heterocycles. The fraction of sp³-hybridized carbons (Fsp3) is 0.271. The molecule has 141 heavy (non-hydrogen) atoms. The van der Waals surface area contributed by atoms with Crippen molar-refractivity contribution in [3.8, 4) is 55.6 Å². The van der Waals surface area contributed by atoms with E-state index in [4.69, 9.17) is 31.6 Å². The molecule has 22 heterocycles. The van der Waals surface area contributed by atoms with Crippen LogP contribution in [0.3, 0.4) is 0 Å². The zero-order chi connectivity index (χ0) is 96.1. The van der Waals surface area contributed by atoms with Crippen molar-refractivity contribution in [2.45, 2.75) is 130 Å². The van der Waals surface area contributed by atoms with Crippen LogP contribution in [0.15, 0.2) is 254 Å². The van der Waals surface area contributed by atoms with Crippen LogP contribution >= 0.6 is 0 Å². The summed E-state index contributed by atoms with van der Waals surface area (Å²) in [6.45, 7) is 21.3. The Morgan fingerprint density at radius 1 is 0.319 bits per heavy atom. The first-order chi connectivity index (χ1) is 68.6. The number of aromatic nitrogens is 17. The minimum atomic E-state index is -0.0250. The van der Waals surface area contributed by atoms with Crippen LogP contribution in [0.4, 0.5) is 0 Å². The smallest absolute Gasteiger partial charge is 0.273 e. The van der Waals surface area contributed by atoms with E-state index in [0.717, 1.165) is 191 Å². The third-order valence-electron chi connectivity index (χ3n) is 27.5. The highest BCUT2D eigenvalue weighted by molar-refractivity contribution is 5.98. The first kappa shape index (κ1) is 88.4. The largest absolute Gasteiger partial charge is 0.441 e. The molecule has 34 nitrogen and oxygen atoms in total. The van der Waals surface area contributed by atoms with E-state index >= 15 is 0 Å². The highest BCUT2D eigenvalue weighted by Gasteiger charge is 2.42. The monoisotopic (exact) mass is 1880 g/mol. The molecule has 0 aliphatic carbocycles. The average molecular weight is 1880 g/mol. The number of oxazole rings is 5. The molecule has 6 aliphatic rings. The maximum atomic E-state index is 13.3. The van der Waals surface area contributed by atoms with Crippen LogP contribution in [0.2, 0.25) is 0 Å². The van der Waals surface area contributed by atoms with Gasteiger partial charge in [0.25, 0.3) is 29.5 Å². The van der Waals surface area contributed by atoms with E-state index in [1.165, 1.54) is 0 Å². The second-order valence-corrected chi connectivity index (χ2v) is 36.9. The lowest BCUT2D eigenvalue weighted by atomic mass is 10.1. The summed E-state index contributed by atoms with van der Waals surface area (Å²) in [6.07, 6.45) is 28.1. The lowest BCUT2D eigenvalue weighted by molar-refractivity contribution is -0.00752. The van der Waals surface area contributed by atoms with Gasteiger partial charge in [0.2, 0.25) is 0 Å². The van der Waals surface area contributed by atoms with Crippen LogP contribution in [0.25, 0.3) is 139 Å². The second-order valence-electron chi connectivity index (χ2n) is 36.9. The first-order valence-corrected chi connectivity index (χ1v) is 47.6. The summed E-state index contributed by atoms with van der Waals surface area (Å²) in [7, 11) is 0. The topological polar surface area (TPSA) is 354 Å². The van der Waals surface area contributed by atoms with E-state index in [0.29, 0.717) is 104 Å². The highest BCUT2D eigenvalue weighted by atomic mass is 16.5. The predicted octanol–water partition coefficient (Wildman–Crippen LogP) is 18.3. The Morgan fingerprint density at radius 2 is 0.624 bits per heavy atom. The van der Waals surface area contributed by atoms with Gasteiger partial charge in [0.1, 0.15) is 84.3 Å². The van der Waals surface area contributed by atoms with Crippen molar-refractivity contribution >= 4 is 113 Å². The molecule has 0 N–H and O–H groups in total. The van der Waals surface area contributed by atoms with Crippen LogP contribution in [0.5, 0.6) is 0 Å². The number of carbonyl (C=O) groups is 5. The van der Waals surface area contributed by atoms with E-state index in [2.05, 4.69) is 68.8 Å². The Hall–Kier alpha value is -16.6. The number of amides is 5. The molecule has 27 rings (SSSR count). The lowest BCUT2D eigenvalue weighted by Gasteiger charge is -2.38. The van der Waals surface area contributed by atoms with Crippen molar-refractivity contribution in [1.29, 1.82) is 0 Å². The molecule has 708 valence electrons. The van der Waals surface area contributed by atoms with Gasteiger partial charge in [-0.3, -0.25) is 50.7 Å². The van der Waals surface area contributed by atoms with Gasteiger partial charge in [0.05, 0.1) is 81.6 Å². The van der Waals surface area contributed by atoms with Crippen LogP contribution in [0, 0.1) is 34.6 Å². The molecule has 5 atom stereocenters. The minimum absolute atomic E-state index is 0.0226. The van der Waals surface area contributed by atoms with E-state index < -0.39 is 0 Å². The maximum absolute atomic E-state index is 13.3. The molecular weight excluding hydrogens is 1790 g/mol. The van der Waals surface area contributed by atoms with Gasteiger partial charge in [-0.25, -0.2) is 49.8 Å². The molecule has 16 aromatic heterocycles. The van der Waals surface area contributed by atoms with Crippen molar-refractivity contribution < 1.29 is 55.5 Å². The van der Waals surface area contributed by atoms with Crippen LogP contribution in [-0.4, -0.2) is 225 Å². The molecular formula is C107H98N22O12. The quantitative estimate of drug-likeness (QED) is 0.116. The van der Waals surface area contributed by atoms with Crippen LogP contribution in [0.1, 0.15) is 147 Å². The van der Waals surface area contributed by atoms with Gasteiger partial charge in [-0.15, -0.1) is 0 Å². The number of carbonyl (C=O) groups excluding carboxylic acids is 5. The summed E-state index contributed by atoms with van der Waals surface area (Å²) in [4.78, 5) is 119. The number of imidazole rings is 5. The number of nitrogens with zero attached hydrogens (tertiary/aromatic N) is 22. The van der Waals surface area contributed by atoms with E-state index in [9.17, 15) is 24.0 Å². The first-order valence-electron chi connectivity index (χ1n) is 47.6. The zero-order valence-electron chi connectivity index (χ0n) is 78.7. The molecule has 6 fully saturated rings. The van der Waals surface area contributed by atoms with Gasteiger partial charge in [-0.2, -0.15) is 5.10 Å². The van der Waals surface area contributed by atoms with E-state index in [1.807, 2.05) is 288 Å². The molecule has 34 heteroatoms. The number of likely N-dealkylation sites (tertiary alicyclic amines) is 3. The normalized spacial score (nSPS) is 17.6. The van der Waals surface area contributed by atoms with Gasteiger partial charge in [-0.1, -0.05) is 30.3 Å². The SMILES string of the molecule is Cc1nc2cc(-c3ccc4ncc(C(=O)N5C6CCC5COC6)n4c3)ccc2o1.Cc1nc2cc(-c3ccc4ncc(C(=O)N5CC(n6cccn6)C5)n4c3)ccc2o1.Cc1nc2cc(-c3ccc4ncc(C(=O)N5CCC[C@@H]5C)n4c3)ccc2o1.Cc1nc2cc(-c3ccc4ncc(C(=O)N5CCC[C@H]5C)n4c3)ccc2o1.Cc1nc2cc(-c3ccc4ncc(C(=O)N5CCOC[C@@H]5C)n4c3)ccc2o1. The van der Waals surface area contributed by atoms with E-state index in [-0.39, 0.29) is 65.8 Å². The van der Waals surface area contributed by atoms with Crippen molar-refractivity contribution in [3.63, 3.8) is 0 Å². The fourth-order valence-corrected chi connectivity index (χ4v) is 20.1. The standard InChI is InChI=1S/C22H18N6O2.C22H20N4O3.C21H20N4O3.2C21H20N4O2/c1-14-25-18-9-15(3-5-20(18)30-14)16-4-6-21-23-10-19(27(21)11-16)22(29)26-12-17(13-26)28-8-2-7-24-28;1-13-24-18-8-14(2-6-20(18)29-13)15-3-7-21-23-9-19(25(21)10-15)22(27)26-16-4-5-17(26)12-28-11-16;1-13-12-27-8-7-24(13)21(26)18-10-22-20-6-4-16(11-25(18)20)15-3-5-19-17(9-15)23-14(2)28-19;2*1-13-4-3-9-24(13)21(26)18-11-22-20-8-6-16(12-25(18)20)15-5-7-19-17(10-15)23-14(2)27-19/h2-11,17H,12-13H2,1H3;2-3,6-10,16-17H,4-5,11-12H2,1H3;3-6,9-11,13H,7-8,12H2,1-2H3;2*5-8,10-13H,3-4,9H2,1-2H3/t;;3*13-/m..010/s1.